The van der Waals surface area contributed by atoms with Crippen LogP contribution in [0.4, 0.5) is 0 Å². The van der Waals surface area contributed by atoms with E-state index in [-0.39, 0.29) is 5.91 Å². The molecule has 0 fully saturated rings. The van der Waals surface area contributed by atoms with Gasteiger partial charge >= 0.3 is 0 Å². The van der Waals surface area contributed by atoms with Crippen LogP contribution in [0.25, 0.3) is 0 Å². The van der Waals surface area contributed by atoms with Gasteiger partial charge in [0.15, 0.2) is 0 Å². The quantitative estimate of drug-likeness (QED) is 0.544. The first-order valence-electron chi connectivity index (χ1n) is 5.00. The van der Waals surface area contributed by atoms with Crippen LogP contribution in [0.3, 0.4) is 0 Å². The second kappa shape index (κ2) is 6.81. The summed E-state index contributed by atoms with van der Waals surface area (Å²) < 4.78 is 0. The van der Waals surface area contributed by atoms with Gasteiger partial charge in [-0.1, -0.05) is 20.4 Å². The minimum Gasteiger partial charge on any atom is -0.400 e. The van der Waals surface area contributed by atoms with Gasteiger partial charge < -0.3 is 10.6 Å². The van der Waals surface area contributed by atoms with E-state index in [1.165, 1.54) is 6.08 Å². The third kappa shape index (κ3) is 3.58. The predicted molar refractivity (Wildman–Crippen MR) is 63.8 cm³/mol. The molecule has 4 heteroatoms. The van der Waals surface area contributed by atoms with E-state index in [9.17, 15) is 4.79 Å². The minimum absolute atomic E-state index is 0.0950. The van der Waals surface area contributed by atoms with Crippen molar-refractivity contribution in [2.24, 2.45) is 10.7 Å². The third-order valence-corrected chi connectivity index (χ3v) is 1.91. The van der Waals surface area contributed by atoms with Gasteiger partial charge in [0.2, 0.25) is 5.91 Å². The summed E-state index contributed by atoms with van der Waals surface area (Å²) in [6, 6.07) is 0. The number of amides is 1. The minimum atomic E-state index is -0.0950. The van der Waals surface area contributed by atoms with Crippen LogP contribution in [0, 0.1) is 0 Å². The van der Waals surface area contributed by atoms with Crippen molar-refractivity contribution >= 4 is 12.1 Å². The largest absolute Gasteiger partial charge is 0.400 e. The Morgan fingerprint density at radius 3 is 2.60 bits per heavy atom. The van der Waals surface area contributed by atoms with Crippen LogP contribution >= 0.6 is 0 Å². The molecule has 1 aliphatic heterocycles. The summed E-state index contributed by atoms with van der Waals surface area (Å²) in [5.41, 5.74) is 7.33. The molecule has 0 radical (unpaired) electrons. The maximum Gasteiger partial charge on any atom is 0.246 e. The first-order valence-corrected chi connectivity index (χ1v) is 5.00. The van der Waals surface area contributed by atoms with Crippen LogP contribution in [0.1, 0.15) is 13.8 Å². The van der Waals surface area contributed by atoms with Crippen LogP contribution in [-0.2, 0) is 4.79 Å². The number of carbonyl (C=O) groups excluding carboxylic acids is 1. The zero-order valence-electron chi connectivity index (χ0n) is 9.66. The normalized spacial score (nSPS) is 15.3. The van der Waals surface area contributed by atoms with Crippen molar-refractivity contribution in [2.45, 2.75) is 13.8 Å². The van der Waals surface area contributed by atoms with Gasteiger partial charge in [0.1, 0.15) is 0 Å². The van der Waals surface area contributed by atoms with E-state index in [1.807, 2.05) is 13.8 Å². The zero-order valence-corrected chi connectivity index (χ0v) is 9.66. The van der Waals surface area contributed by atoms with Gasteiger partial charge in [-0.05, 0) is 6.08 Å². The van der Waals surface area contributed by atoms with Gasteiger partial charge in [0.25, 0.3) is 0 Å². The molecule has 0 aromatic heterocycles. The van der Waals surface area contributed by atoms with E-state index < -0.39 is 0 Å². The molecule has 0 saturated carbocycles. The average Bonchev–Trinajstić information content (AvgIpc) is 2.63. The summed E-state index contributed by atoms with van der Waals surface area (Å²) in [5.74, 6) is -0.0950. The highest BCUT2D eigenvalue weighted by Crippen LogP contribution is 2.11. The molecular formula is C11H19N3O. The number of hydrogen-bond donors (Lipinski definition) is 1. The number of nitrogens with zero attached hydrogens (tertiary/aromatic N) is 2. The molecule has 15 heavy (non-hydrogen) atoms. The van der Waals surface area contributed by atoms with Gasteiger partial charge in [-0.15, -0.1) is 0 Å². The van der Waals surface area contributed by atoms with E-state index in [0.717, 1.165) is 5.57 Å². The van der Waals surface area contributed by atoms with E-state index in [4.69, 9.17) is 5.73 Å². The highest BCUT2D eigenvalue weighted by Gasteiger charge is 2.20. The van der Waals surface area contributed by atoms with Crippen molar-refractivity contribution < 1.29 is 4.79 Å². The van der Waals surface area contributed by atoms with Crippen LogP contribution in [0.5, 0.6) is 0 Å². The molecule has 0 unspecified atom stereocenters. The predicted octanol–water partition coefficient (Wildman–Crippen LogP) is 0.954. The molecule has 0 aromatic rings. The molecule has 1 heterocycles. The van der Waals surface area contributed by atoms with Crippen molar-refractivity contribution in [3.63, 3.8) is 0 Å². The van der Waals surface area contributed by atoms with E-state index in [1.54, 1.807) is 18.2 Å². The summed E-state index contributed by atoms with van der Waals surface area (Å²) >= 11 is 0. The van der Waals surface area contributed by atoms with Crippen LogP contribution in [0.2, 0.25) is 0 Å². The molecule has 0 spiro atoms. The molecule has 1 aliphatic rings. The molecule has 1 amide bonds. The Labute approximate surface area is 91.2 Å². The molecule has 0 aliphatic carbocycles. The second-order valence-electron chi connectivity index (χ2n) is 2.84. The zero-order chi connectivity index (χ0) is 11.8. The number of hydrogen-bond acceptors (Lipinski definition) is 3. The number of aliphatic imine (C=N–C) groups is 1. The van der Waals surface area contributed by atoms with Gasteiger partial charge in [-0.25, -0.2) is 0 Å². The van der Waals surface area contributed by atoms with Crippen LogP contribution in [0.15, 0.2) is 28.9 Å². The molecule has 0 bridgehead atoms. The fraction of sp³-hybridized carbons (Fsp3) is 0.455. The lowest BCUT2D eigenvalue weighted by Gasteiger charge is -2.12. The van der Waals surface area contributed by atoms with E-state index in [2.05, 4.69) is 11.6 Å². The molecule has 0 saturated heterocycles. The van der Waals surface area contributed by atoms with Crippen LogP contribution < -0.4 is 5.73 Å². The molecular weight excluding hydrogens is 190 g/mol. The summed E-state index contributed by atoms with van der Waals surface area (Å²) in [4.78, 5) is 16.7. The van der Waals surface area contributed by atoms with E-state index in [0.29, 0.717) is 18.8 Å². The van der Waals surface area contributed by atoms with Crippen molar-refractivity contribution in [1.82, 2.24) is 4.90 Å². The molecule has 0 aromatic carbocycles. The number of carbonyl (C=O) groups is 1. The summed E-state index contributed by atoms with van der Waals surface area (Å²) in [5, 5.41) is 0. The highest BCUT2D eigenvalue weighted by molar-refractivity contribution is 5.90. The Bertz CT molecular complexity index is 292. The molecule has 84 valence electrons. The summed E-state index contributed by atoms with van der Waals surface area (Å²) in [6.45, 7) is 8.43. The first kappa shape index (κ1) is 13.4. The third-order valence-electron chi connectivity index (χ3n) is 1.91. The SMILES string of the molecule is C=CC(=O)N1CC(N)=C(C=NC)C1.CC. The summed E-state index contributed by atoms with van der Waals surface area (Å²) in [6.07, 6.45) is 2.98. The Morgan fingerprint density at radius 1 is 1.53 bits per heavy atom. The highest BCUT2D eigenvalue weighted by atomic mass is 16.2. The van der Waals surface area contributed by atoms with Gasteiger partial charge in [-0.3, -0.25) is 9.79 Å². The lowest BCUT2D eigenvalue weighted by atomic mass is 10.3. The second-order valence-corrected chi connectivity index (χ2v) is 2.84. The van der Waals surface area contributed by atoms with Crippen molar-refractivity contribution in [2.75, 3.05) is 20.1 Å². The molecule has 4 nitrogen and oxygen atoms in total. The average molecular weight is 209 g/mol. The Hall–Kier alpha value is -1.58. The Kier molecular flexibility index (Phi) is 6.09. The molecule has 1 rings (SSSR count). The smallest absolute Gasteiger partial charge is 0.246 e. The standard InChI is InChI=1S/C9H13N3O.C2H6/c1-3-9(13)12-5-7(4-11-2)8(10)6-12;1-2/h3-4H,1,5-6,10H2,2H3;1-2H3. The topological polar surface area (TPSA) is 58.7 Å². The van der Waals surface area contributed by atoms with Crippen molar-refractivity contribution in [1.29, 1.82) is 0 Å². The van der Waals surface area contributed by atoms with E-state index >= 15 is 0 Å². The number of rotatable bonds is 2. The molecule has 0 atom stereocenters. The van der Waals surface area contributed by atoms with Gasteiger partial charge in [0, 0.05) is 31.1 Å². The van der Waals surface area contributed by atoms with Gasteiger partial charge in [-0.2, -0.15) is 0 Å². The monoisotopic (exact) mass is 209 g/mol. The van der Waals surface area contributed by atoms with Gasteiger partial charge in [0.05, 0.1) is 6.54 Å². The summed E-state index contributed by atoms with van der Waals surface area (Å²) in [7, 11) is 1.68. The number of nitrogens with two attached hydrogens (primary N) is 1. The Morgan fingerprint density at radius 2 is 2.13 bits per heavy atom. The fourth-order valence-electron chi connectivity index (χ4n) is 1.23. The maximum absolute atomic E-state index is 11.2. The lowest BCUT2D eigenvalue weighted by molar-refractivity contribution is -0.124. The maximum atomic E-state index is 11.2. The van der Waals surface area contributed by atoms with Crippen molar-refractivity contribution in [3.05, 3.63) is 23.9 Å². The fourth-order valence-corrected chi connectivity index (χ4v) is 1.23. The van der Waals surface area contributed by atoms with Crippen molar-refractivity contribution in [3.8, 4) is 0 Å². The lowest BCUT2D eigenvalue weighted by Crippen LogP contribution is -2.28. The van der Waals surface area contributed by atoms with Crippen LogP contribution in [-0.4, -0.2) is 37.2 Å². The molecule has 2 N–H and O–H groups in total. The Balaban J connectivity index is 0.000000921. The first-order chi connectivity index (χ1) is 7.19.